The molecule has 0 spiro atoms. The second kappa shape index (κ2) is 10.1. The minimum atomic E-state index is -0.389. The predicted molar refractivity (Wildman–Crippen MR) is 136 cm³/mol. The van der Waals surface area contributed by atoms with Crippen LogP contribution in [0, 0.1) is 0 Å². The Labute approximate surface area is 197 Å². The largest absolute Gasteiger partial charge is 0.396 e. The lowest BCUT2D eigenvalue weighted by Crippen LogP contribution is -2.19. The summed E-state index contributed by atoms with van der Waals surface area (Å²) in [7, 11) is 0. The van der Waals surface area contributed by atoms with Gasteiger partial charge in [-0.05, 0) is 68.8 Å². The van der Waals surface area contributed by atoms with Crippen molar-refractivity contribution in [1.29, 1.82) is 0 Å². The molecule has 0 saturated carbocycles. The van der Waals surface area contributed by atoms with Crippen LogP contribution in [0.2, 0.25) is 5.02 Å². The predicted octanol–water partition coefficient (Wildman–Crippen LogP) is 5.05. The van der Waals surface area contributed by atoms with E-state index < -0.39 is 0 Å². The molecule has 9 heteroatoms. The maximum absolute atomic E-state index is 12.4. The maximum Gasteiger partial charge on any atom is 0.323 e. The highest BCUT2D eigenvalue weighted by Gasteiger charge is 2.13. The van der Waals surface area contributed by atoms with Crippen LogP contribution in [0.3, 0.4) is 0 Å². The molecule has 33 heavy (non-hydrogen) atoms. The summed E-state index contributed by atoms with van der Waals surface area (Å²) in [6.45, 7) is 5.96. The third-order valence-electron chi connectivity index (χ3n) is 4.35. The normalized spacial score (nSPS) is 12.4. The zero-order valence-electron chi connectivity index (χ0n) is 18.6. The Bertz CT molecular complexity index is 1200. The average molecular weight is 464 g/mol. The molecule has 6 N–H and O–H groups in total. The van der Waals surface area contributed by atoms with Crippen molar-refractivity contribution in [2.45, 2.75) is 26.3 Å². The van der Waals surface area contributed by atoms with Gasteiger partial charge in [-0.1, -0.05) is 23.7 Å². The summed E-state index contributed by atoms with van der Waals surface area (Å²) in [5.74, 6) is 0.122. The topological polar surface area (TPSA) is 131 Å². The van der Waals surface area contributed by atoms with E-state index in [0.29, 0.717) is 33.4 Å². The molecule has 2 amide bonds. The van der Waals surface area contributed by atoms with Crippen molar-refractivity contribution in [2.75, 3.05) is 16.4 Å². The number of halogens is 1. The fourth-order valence-corrected chi connectivity index (χ4v) is 2.94. The van der Waals surface area contributed by atoms with Gasteiger partial charge in [0, 0.05) is 34.4 Å². The monoisotopic (exact) mass is 463 g/mol. The highest BCUT2D eigenvalue weighted by Crippen LogP contribution is 2.24. The summed E-state index contributed by atoms with van der Waals surface area (Å²) in [5.41, 5.74) is 15.4. The van der Waals surface area contributed by atoms with Gasteiger partial charge in [0.05, 0.1) is 16.9 Å². The van der Waals surface area contributed by atoms with E-state index in [1.54, 1.807) is 48.8 Å². The Balaban J connectivity index is 1.92. The number of benzene rings is 2. The van der Waals surface area contributed by atoms with Crippen molar-refractivity contribution < 1.29 is 4.79 Å². The fraction of sp³-hybridized carbons (Fsp3) is 0.167. The van der Waals surface area contributed by atoms with E-state index in [-0.39, 0.29) is 17.5 Å². The molecule has 1 aromatic heterocycles. The summed E-state index contributed by atoms with van der Waals surface area (Å²) in [6.07, 6.45) is 3.25. The molecule has 0 aliphatic heterocycles. The van der Waals surface area contributed by atoms with Crippen LogP contribution < -0.4 is 22.1 Å². The minimum Gasteiger partial charge on any atom is -0.396 e. The average Bonchev–Trinajstić information content (AvgIpc) is 2.75. The number of urea groups is 1. The molecular weight excluding hydrogens is 438 g/mol. The van der Waals surface area contributed by atoms with Crippen LogP contribution in [-0.4, -0.2) is 27.8 Å². The molecule has 3 aromatic rings. The Kier molecular flexibility index (Phi) is 7.30. The van der Waals surface area contributed by atoms with E-state index in [9.17, 15) is 4.79 Å². The van der Waals surface area contributed by atoms with Gasteiger partial charge in [-0.3, -0.25) is 4.99 Å². The maximum atomic E-state index is 12.4. The van der Waals surface area contributed by atoms with Gasteiger partial charge >= 0.3 is 6.03 Å². The van der Waals surface area contributed by atoms with Gasteiger partial charge in [-0.25, -0.2) is 14.8 Å². The van der Waals surface area contributed by atoms with Crippen molar-refractivity contribution >= 4 is 52.4 Å². The third-order valence-corrected chi connectivity index (χ3v) is 4.61. The Morgan fingerprint density at radius 3 is 2.42 bits per heavy atom. The van der Waals surface area contributed by atoms with E-state index in [0.717, 1.165) is 5.56 Å². The summed E-state index contributed by atoms with van der Waals surface area (Å²) >= 11 is 5.89. The number of aromatic nitrogens is 2. The first kappa shape index (κ1) is 23.7. The standard InChI is InChI=1S/C24H26ClN7O/c1-24(2,3)29-14-19(21(26)20-11-12-28-22(27)32-20)15-5-4-6-18(13-15)31-23(33)30-17-9-7-16(25)8-10-17/h4-14H,26H2,1-3H3,(H2,27,28,32)(H2,30,31,33). The number of rotatable bonds is 5. The minimum absolute atomic E-state index is 0.122. The third kappa shape index (κ3) is 7.05. The first-order valence-electron chi connectivity index (χ1n) is 10.2. The number of amides is 2. The molecule has 2 aromatic carbocycles. The van der Waals surface area contributed by atoms with Gasteiger partial charge in [0.1, 0.15) is 0 Å². The molecule has 8 nitrogen and oxygen atoms in total. The molecule has 0 atom stereocenters. The number of carbonyl (C=O) groups is 1. The van der Waals surface area contributed by atoms with Gasteiger partial charge in [0.15, 0.2) is 0 Å². The van der Waals surface area contributed by atoms with E-state index in [1.807, 2.05) is 39.0 Å². The fourth-order valence-electron chi connectivity index (χ4n) is 2.81. The number of nitrogen functional groups attached to an aromatic ring is 1. The van der Waals surface area contributed by atoms with E-state index in [1.165, 1.54) is 0 Å². The number of nitrogens with one attached hydrogen (secondary N) is 2. The van der Waals surface area contributed by atoms with Crippen LogP contribution in [0.4, 0.5) is 22.1 Å². The highest BCUT2D eigenvalue weighted by atomic mass is 35.5. The molecule has 170 valence electrons. The first-order chi connectivity index (χ1) is 15.6. The molecule has 0 bridgehead atoms. The second-order valence-corrected chi connectivity index (χ2v) is 8.66. The van der Waals surface area contributed by atoms with Crippen molar-refractivity contribution in [1.82, 2.24) is 9.97 Å². The lowest BCUT2D eigenvalue weighted by atomic mass is 10.0. The van der Waals surface area contributed by atoms with Gasteiger partial charge in [-0.15, -0.1) is 0 Å². The number of hydrogen-bond acceptors (Lipinski definition) is 6. The molecule has 0 radical (unpaired) electrons. The second-order valence-electron chi connectivity index (χ2n) is 8.22. The SMILES string of the molecule is CC(C)(C)N=CC(=C(N)c1ccnc(N)n1)c1cccc(NC(=O)Nc2ccc(Cl)cc2)c1. The number of hydrogen-bond donors (Lipinski definition) is 4. The zero-order chi connectivity index (χ0) is 24.0. The van der Waals surface area contributed by atoms with Crippen molar-refractivity contribution in [2.24, 2.45) is 10.7 Å². The van der Waals surface area contributed by atoms with Crippen LogP contribution in [0.15, 0.2) is 65.8 Å². The highest BCUT2D eigenvalue weighted by molar-refractivity contribution is 6.30. The number of nitrogens with two attached hydrogens (primary N) is 2. The number of carbonyl (C=O) groups excluding carboxylic acids is 1. The molecule has 1 heterocycles. The van der Waals surface area contributed by atoms with Crippen molar-refractivity contribution in [3.8, 4) is 0 Å². The van der Waals surface area contributed by atoms with Crippen LogP contribution in [0.25, 0.3) is 11.3 Å². The molecule has 0 aliphatic rings. The lowest BCUT2D eigenvalue weighted by molar-refractivity contribution is 0.262. The Morgan fingerprint density at radius 2 is 1.76 bits per heavy atom. The summed E-state index contributed by atoms with van der Waals surface area (Å²) in [5, 5.41) is 6.18. The lowest BCUT2D eigenvalue weighted by Gasteiger charge is -2.15. The Morgan fingerprint density at radius 1 is 1.06 bits per heavy atom. The van der Waals surface area contributed by atoms with Crippen molar-refractivity contribution in [3.63, 3.8) is 0 Å². The number of aliphatic imine (C=N–C) groups is 1. The van der Waals surface area contributed by atoms with Gasteiger partial charge < -0.3 is 22.1 Å². The Hall–Kier alpha value is -3.91. The van der Waals surface area contributed by atoms with Crippen LogP contribution in [0.5, 0.6) is 0 Å². The van der Waals surface area contributed by atoms with Crippen LogP contribution >= 0.6 is 11.6 Å². The first-order valence-corrected chi connectivity index (χ1v) is 10.6. The summed E-state index contributed by atoms with van der Waals surface area (Å²) in [6, 6.07) is 15.4. The van der Waals surface area contributed by atoms with Crippen LogP contribution in [0.1, 0.15) is 32.0 Å². The smallest absolute Gasteiger partial charge is 0.323 e. The molecule has 3 rings (SSSR count). The van der Waals surface area contributed by atoms with E-state index >= 15 is 0 Å². The quantitative estimate of drug-likeness (QED) is 0.393. The van der Waals surface area contributed by atoms with Gasteiger partial charge in [0.25, 0.3) is 0 Å². The number of allylic oxidation sites excluding steroid dienone is 1. The van der Waals surface area contributed by atoms with Gasteiger partial charge in [-0.2, -0.15) is 0 Å². The van der Waals surface area contributed by atoms with Gasteiger partial charge in [0.2, 0.25) is 5.95 Å². The molecule has 0 saturated heterocycles. The van der Waals surface area contributed by atoms with Crippen LogP contribution in [-0.2, 0) is 0 Å². The zero-order valence-corrected chi connectivity index (χ0v) is 19.4. The number of nitrogens with zero attached hydrogens (tertiary/aromatic N) is 3. The van der Waals surface area contributed by atoms with E-state index in [4.69, 9.17) is 23.1 Å². The van der Waals surface area contributed by atoms with E-state index in [2.05, 4.69) is 25.6 Å². The van der Waals surface area contributed by atoms with Crippen molar-refractivity contribution in [3.05, 3.63) is 77.1 Å². The molecule has 0 fully saturated rings. The molecule has 0 unspecified atom stereocenters. The summed E-state index contributed by atoms with van der Waals surface area (Å²) < 4.78 is 0. The summed E-state index contributed by atoms with van der Waals surface area (Å²) in [4.78, 5) is 25.2. The number of anilines is 3. The molecule has 0 aliphatic carbocycles. The molecular formula is C24H26ClN7O.